The van der Waals surface area contributed by atoms with E-state index in [0.717, 1.165) is 0 Å². The summed E-state index contributed by atoms with van der Waals surface area (Å²) < 4.78 is 2.32. The Morgan fingerprint density at radius 1 is 0.769 bits per heavy atom. The Hall–Kier alpha value is -2.67. The summed E-state index contributed by atoms with van der Waals surface area (Å²) in [4.78, 5) is 0. The first-order valence-corrected chi connectivity index (χ1v) is 9.64. The van der Waals surface area contributed by atoms with E-state index in [0.29, 0.717) is 0 Å². The van der Waals surface area contributed by atoms with Gasteiger partial charge >= 0.3 is 0 Å². The molecule has 0 amide bonds. The summed E-state index contributed by atoms with van der Waals surface area (Å²) in [5.41, 5.74) is 7.11. The molecule has 0 radical (unpaired) electrons. The monoisotopic (exact) mass is 338 g/mol. The predicted molar refractivity (Wildman–Crippen MR) is 109 cm³/mol. The Bertz CT molecular complexity index is 1150. The Labute approximate surface area is 154 Å². The number of hydrogen-bond donors (Lipinski definition) is 0. The lowest BCUT2D eigenvalue weighted by atomic mass is 9.90. The van der Waals surface area contributed by atoms with Crippen molar-refractivity contribution in [1.82, 2.24) is 0 Å². The lowest BCUT2D eigenvalue weighted by Gasteiger charge is -2.16. The van der Waals surface area contributed by atoms with E-state index in [1.54, 1.807) is 5.56 Å². The van der Waals surface area contributed by atoms with Gasteiger partial charge in [0.1, 0.15) is 7.05 Å². The van der Waals surface area contributed by atoms with Crippen LogP contribution in [0.1, 0.15) is 29.5 Å². The fourth-order valence-corrected chi connectivity index (χ4v) is 4.55. The molecule has 0 bridgehead atoms. The fraction of sp³-hybridized carbons (Fsp3) is 0.240. The second kappa shape index (κ2) is 5.95. The highest BCUT2D eigenvalue weighted by molar-refractivity contribution is 6.08. The Morgan fingerprint density at radius 3 is 2.42 bits per heavy atom. The highest BCUT2D eigenvalue weighted by atomic mass is 14.9. The number of benzene rings is 3. The van der Waals surface area contributed by atoms with Crippen LogP contribution in [0.15, 0.2) is 60.8 Å². The van der Waals surface area contributed by atoms with Gasteiger partial charge in [0.15, 0.2) is 6.20 Å². The molecule has 0 spiro atoms. The van der Waals surface area contributed by atoms with Crippen LogP contribution < -0.4 is 4.57 Å². The standard InChI is InChI=1S/C25H24N/c1-17-13-20-12-11-18-7-5-6-10-22(18)24(20)15-23(17)25-14-19-8-3-4-9-21(19)16-26(25)2/h5-7,10-16H,3-4,8-9H2,1-2H3/q+1. The lowest BCUT2D eigenvalue weighted by molar-refractivity contribution is -0.660. The molecule has 1 nitrogen and oxygen atoms in total. The van der Waals surface area contributed by atoms with E-state index < -0.39 is 0 Å². The van der Waals surface area contributed by atoms with Crippen molar-refractivity contribution in [1.29, 1.82) is 0 Å². The summed E-state index contributed by atoms with van der Waals surface area (Å²) in [6.07, 6.45) is 7.45. The molecule has 1 aromatic heterocycles. The Kier molecular flexibility index (Phi) is 3.56. The first-order valence-electron chi connectivity index (χ1n) is 9.64. The van der Waals surface area contributed by atoms with Crippen LogP contribution in [-0.4, -0.2) is 0 Å². The second-order valence-corrected chi connectivity index (χ2v) is 7.70. The molecule has 0 unspecified atom stereocenters. The number of rotatable bonds is 1. The highest BCUT2D eigenvalue weighted by Gasteiger charge is 2.20. The zero-order valence-electron chi connectivity index (χ0n) is 15.5. The molecule has 5 rings (SSSR count). The third-order valence-corrected chi connectivity index (χ3v) is 5.96. The van der Waals surface area contributed by atoms with Gasteiger partial charge in [0, 0.05) is 17.2 Å². The van der Waals surface area contributed by atoms with Crippen molar-refractivity contribution in [2.45, 2.75) is 32.6 Å². The molecule has 26 heavy (non-hydrogen) atoms. The molecule has 3 aromatic carbocycles. The zero-order chi connectivity index (χ0) is 17.7. The lowest BCUT2D eigenvalue weighted by Crippen LogP contribution is -2.32. The van der Waals surface area contributed by atoms with Crippen LogP contribution in [0.3, 0.4) is 0 Å². The van der Waals surface area contributed by atoms with Gasteiger partial charge in [0.2, 0.25) is 5.69 Å². The van der Waals surface area contributed by atoms with Crippen molar-refractivity contribution >= 4 is 21.5 Å². The van der Waals surface area contributed by atoms with Gasteiger partial charge in [0.05, 0.1) is 0 Å². The molecule has 0 aliphatic heterocycles. The van der Waals surface area contributed by atoms with Gasteiger partial charge in [-0.1, -0.05) is 42.5 Å². The van der Waals surface area contributed by atoms with Crippen molar-refractivity contribution in [3.8, 4) is 11.3 Å². The van der Waals surface area contributed by atoms with E-state index in [1.165, 1.54) is 69.6 Å². The summed E-state index contributed by atoms with van der Waals surface area (Å²) >= 11 is 0. The summed E-state index contributed by atoms with van der Waals surface area (Å²) in [7, 11) is 2.19. The van der Waals surface area contributed by atoms with Crippen molar-refractivity contribution in [3.05, 3.63) is 77.5 Å². The molecule has 0 N–H and O–H groups in total. The zero-order valence-corrected chi connectivity index (χ0v) is 15.5. The van der Waals surface area contributed by atoms with Crippen molar-refractivity contribution in [3.63, 3.8) is 0 Å². The van der Waals surface area contributed by atoms with E-state index in [-0.39, 0.29) is 0 Å². The smallest absolute Gasteiger partial charge is 0.201 e. The third kappa shape index (κ3) is 2.42. The summed E-state index contributed by atoms with van der Waals surface area (Å²) in [5.74, 6) is 0. The van der Waals surface area contributed by atoms with Crippen LogP contribution >= 0.6 is 0 Å². The summed E-state index contributed by atoms with van der Waals surface area (Å²) in [5, 5.41) is 5.32. The Balaban J connectivity index is 1.79. The average Bonchev–Trinajstić information content (AvgIpc) is 2.67. The normalized spacial score (nSPS) is 13.9. The van der Waals surface area contributed by atoms with E-state index in [9.17, 15) is 0 Å². The van der Waals surface area contributed by atoms with Crippen LogP contribution in [0.25, 0.3) is 32.8 Å². The fourth-order valence-electron chi connectivity index (χ4n) is 4.55. The molecule has 1 aliphatic carbocycles. The number of aromatic nitrogens is 1. The van der Waals surface area contributed by atoms with Gasteiger partial charge in [-0.15, -0.1) is 0 Å². The third-order valence-electron chi connectivity index (χ3n) is 5.96. The summed E-state index contributed by atoms with van der Waals surface area (Å²) in [6, 6.07) is 20.4. The molecule has 0 fully saturated rings. The van der Waals surface area contributed by atoms with E-state index >= 15 is 0 Å². The van der Waals surface area contributed by atoms with Gasteiger partial charge in [-0.25, -0.2) is 4.57 Å². The van der Waals surface area contributed by atoms with Crippen molar-refractivity contribution in [2.75, 3.05) is 0 Å². The maximum atomic E-state index is 2.44. The number of aryl methyl sites for hydroxylation is 4. The number of nitrogens with zero attached hydrogens (tertiary/aromatic N) is 1. The number of fused-ring (bicyclic) bond motifs is 4. The van der Waals surface area contributed by atoms with E-state index in [2.05, 4.69) is 79.3 Å². The molecule has 0 atom stereocenters. The molecule has 4 aromatic rings. The molecule has 128 valence electrons. The molecule has 1 aliphatic rings. The number of hydrogen-bond acceptors (Lipinski definition) is 0. The van der Waals surface area contributed by atoms with Crippen LogP contribution in [0, 0.1) is 6.92 Å². The highest BCUT2D eigenvalue weighted by Crippen LogP contribution is 2.32. The van der Waals surface area contributed by atoms with Crippen LogP contribution in [0.5, 0.6) is 0 Å². The van der Waals surface area contributed by atoms with E-state index in [4.69, 9.17) is 0 Å². The minimum Gasteiger partial charge on any atom is -0.201 e. The topological polar surface area (TPSA) is 3.88 Å². The molecular weight excluding hydrogens is 314 g/mol. The largest absolute Gasteiger partial charge is 0.212 e. The van der Waals surface area contributed by atoms with Gasteiger partial charge in [-0.05, 0) is 71.3 Å². The molecule has 0 saturated heterocycles. The van der Waals surface area contributed by atoms with Crippen molar-refractivity contribution < 1.29 is 4.57 Å². The van der Waals surface area contributed by atoms with Crippen LogP contribution in [0.2, 0.25) is 0 Å². The van der Waals surface area contributed by atoms with Gasteiger partial charge in [-0.3, -0.25) is 0 Å². The quantitative estimate of drug-likeness (QED) is 0.311. The maximum absolute atomic E-state index is 2.44. The molecular formula is C25H24N+. The van der Waals surface area contributed by atoms with Crippen LogP contribution in [0.4, 0.5) is 0 Å². The first kappa shape index (κ1) is 15.6. The SMILES string of the molecule is Cc1cc2ccc3ccccc3c2cc1-c1cc2c(c[n+]1C)CCCC2. The minimum absolute atomic E-state index is 1.22. The first-order chi connectivity index (χ1) is 12.7. The second-order valence-electron chi connectivity index (χ2n) is 7.70. The van der Waals surface area contributed by atoms with Gasteiger partial charge in [0.25, 0.3) is 0 Å². The molecule has 1 heterocycles. The van der Waals surface area contributed by atoms with Gasteiger partial charge < -0.3 is 0 Å². The molecule has 1 heteroatoms. The summed E-state index contributed by atoms with van der Waals surface area (Å²) in [6.45, 7) is 2.24. The number of pyridine rings is 1. The minimum atomic E-state index is 1.22. The maximum Gasteiger partial charge on any atom is 0.212 e. The van der Waals surface area contributed by atoms with E-state index in [1.807, 2.05) is 0 Å². The Morgan fingerprint density at radius 2 is 1.54 bits per heavy atom. The van der Waals surface area contributed by atoms with Crippen LogP contribution in [-0.2, 0) is 19.9 Å². The van der Waals surface area contributed by atoms with Gasteiger partial charge in [-0.2, -0.15) is 0 Å². The van der Waals surface area contributed by atoms with Crippen molar-refractivity contribution in [2.24, 2.45) is 7.05 Å². The average molecular weight is 338 g/mol. The predicted octanol–water partition coefficient (Wildman–Crippen LogP) is 5.67. The molecule has 0 saturated carbocycles.